The Hall–Kier alpha value is -1.92. The number of carbonyl (C=O) groups excluding carboxylic acids is 1. The topological polar surface area (TPSA) is 42.4 Å². The highest BCUT2D eigenvalue weighted by Gasteiger charge is 2.50. The maximum atomic E-state index is 13.7. The molecule has 1 aromatic carbocycles. The summed E-state index contributed by atoms with van der Waals surface area (Å²) in [5.74, 6) is 0.635. The molecule has 4 rings (SSSR count). The summed E-state index contributed by atoms with van der Waals surface area (Å²) in [6.45, 7) is 1.99. The van der Waals surface area contributed by atoms with Gasteiger partial charge in [-0.15, -0.1) is 11.8 Å². The second-order valence-corrected chi connectivity index (χ2v) is 8.46. The van der Waals surface area contributed by atoms with Gasteiger partial charge in [0.2, 0.25) is 5.91 Å². The molecule has 2 fully saturated rings. The lowest BCUT2D eigenvalue weighted by Gasteiger charge is -2.47. The Kier molecular flexibility index (Phi) is 4.96. The van der Waals surface area contributed by atoms with E-state index in [1.165, 1.54) is 6.07 Å². The molecular weight excluding hydrogens is 351 g/mol. The van der Waals surface area contributed by atoms with Crippen LogP contribution in [0, 0.1) is 5.82 Å². The second-order valence-electron chi connectivity index (χ2n) is 6.97. The van der Waals surface area contributed by atoms with E-state index in [4.69, 9.17) is 4.74 Å². The Labute approximate surface area is 156 Å². The number of hydrogen-bond acceptors (Lipinski definition) is 4. The lowest BCUT2D eigenvalue weighted by Crippen LogP contribution is -2.61. The molecule has 2 aliphatic rings. The molecule has 0 bridgehead atoms. The van der Waals surface area contributed by atoms with Crippen LogP contribution in [0.3, 0.4) is 0 Å². The van der Waals surface area contributed by atoms with Gasteiger partial charge in [-0.3, -0.25) is 9.78 Å². The number of pyridine rings is 1. The molecule has 1 spiro atoms. The maximum absolute atomic E-state index is 13.7. The number of carbonyl (C=O) groups is 1. The van der Waals surface area contributed by atoms with E-state index in [-0.39, 0.29) is 29.0 Å². The van der Waals surface area contributed by atoms with Crippen LogP contribution in [0.1, 0.15) is 17.7 Å². The summed E-state index contributed by atoms with van der Waals surface area (Å²) < 4.78 is 19.8. The average Bonchev–Trinajstić information content (AvgIpc) is 3.06. The van der Waals surface area contributed by atoms with Crippen LogP contribution in [0.5, 0.6) is 0 Å². The molecule has 26 heavy (non-hydrogen) atoms. The third kappa shape index (κ3) is 3.76. The van der Waals surface area contributed by atoms with Gasteiger partial charge in [0.15, 0.2) is 0 Å². The number of rotatable bonds is 5. The van der Waals surface area contributed by atoms with Crippen LogP contribution >= 0.6 is 11.8 Å². The first-order chi connectivity index (χ1) is 12.6. The predicted molar refractivity (Wildman–Crippen MR) is 99.3 cm³/mol. The fourth-order valence-electron chi connectivity index (χ4n) is 3.56. The molecule has 3 heterocycles. The van der Waals surface area contributed by atoms with Crippen molar-refractivity contribution in [2.75, 3.05) is 18.8 Å². The van der Waals surface area contributed by atoms with Crippen molar-refractivity contribution in [3.63, 3.8) is 0 Å². The summed E-state index contributed by atoms with van der Waals surface area (Å²) in [7, 11) is 0. The van der Waals surface area contributed by atoms with Crippen molar-refractivity contribution in [2.24, 2.45) is 0 Å². The van der Waals surface area contributed by atoms with E-state index in [1.807, 2.05) is 34.9 Å². The van der Waals surface area contributed by atoms with Gasteiger partial charge in [-0.05, 0) is 30.2 Å². The van der Waals surface area contributed by atoms with Gasteiger partial charge in [-0.25, -0.2) is 4.39 Å². The van der Waals surface area contributed by atoms with Gasteiger partial charge in [-0.2, -0.15) is 0 Å². The van der Waals surface area contributed by atoms with Crippen LogP contribution in [0.2, 0.25) is 0 Å². The SMILES string of the molecule is O=C(Cc1ccccc1F)N1CC2(CC(OCc3ccccn3)CS2)C1. The van der Waals surface area contributed by atoms with Gasteiger partial charge in [0.1, 0.15) is 5.82 Å². The monoisotopic (exact) mass is 372 g/mol. The zero-order chi connectivity index (χ0) is 18.0. The zero-order valence-corrected chi connectivity index (χ0v) is 15.3. The molecule has 1 unspecified atom stereocenters. The van der Waals surface area contributed by atoms with Crippen molar-refractivity contribution in [1.29, 1.82) is 0 Å². The largest absolute Gasteiger partial charge is 0.371 e. The zero-order valence-electron chi connectivity index (χ0n) is 14.4. The normalized spacial score (nSPS) is 21.0. The van der Waals surface area contributed by atoms with Crippen molar-refractivity contribution in [3.05, 3.63) is 65.7 Å². The first-order valence-electron chi connectivity index (χ1n) is 8.80. The summed E-state index contributed by atoms with van der Waals surface area (Å²) >= 11 is 1.89. The average molecular weight is 372 g/mol. The van der Waals surface area contributed by atoms with E-state index in [9.17, 15) is 9.18 Å². The molecule has 2 aliphatic heterocycles. The summed E-state index contributed by atoms with van der Waals surface area (Å²) in [6, 6.07) is 12.3. The second kappa shape index (κ2) is 7.37. The number of aromatic nitrogens is 1. The van der Waals surface area contributed by atoms with Gasteiger partial charge in [-0.1, -0.05) is 24.3 Å². The summed E-state index contributed by atoms with van der Waals surface area (Å²) in [5, 5.41) is 0. The van der Waals surface area contributed by atoms with Crippen molar-refractivity contribution >= 4 is 17.7 Å². The summed E-state index contributed by atoms with van der Waals surface area (Å²) in [4.78, 5) is 18.5. The van der Waals surface area contributed by atoms with E-state index >= 15 is 0 Å². The number of amides is 1. The number of ether oxygens (including phenoxy) is 1. The first kappa shape index (κ1) is 17.5. The third-order valence-electron chi connectivity index (χ3n) is 4.98. The van der Waals surface area contributed by atoms with E-state index < -0.39 is 0 Å². The number of hydrogen-bond donors (Lipinski definition) is 0. The lowest BCUT2D eigenvalue weighted by atomic mass is 9.92. The van der Waals surface area contributed by atoms with Crippen LogP contribution in [-0.4, -0.2) is 45.5 Å². The Balaban J connectivity index is 1.25. The fraction of sp³-hybridized carbons (Fsp3) is 0.400. The Morgan fingerprint density at radius 3 is 2.85 bits per heavy atom. The van der Waals surface area contributed by atoms with Crippen LogP contribution in [0.4, 0.5) is 4.39 Å². The van der Waals surface area contributed by atoms with Gasteiger partial charge in [0.05, 0.1) is 29.6 Å². The Morgan fingerprint density at radius 1 is 1.27 bits per heavy atom. The minimum absolute atomic E-state index is 0.000760. The Bertz CT molecular complexity index is 780. The minimum atomic E-state index is -0.311. The maximum Gasteiger partial charge on any atom is 0.227 e. The molecule has 1 aromatic heterocycles. The highest BCUT2D eigenvalue weighted by molar-refractivity contribution is 8.01. The number of thioether (sulfide) groups is 1. The smallest absolute Gasteiger partial charge is 0.227 e. The number of benzene rings is 1. The van der Waals surface area contributed by atoms with Crippen molar-refractivity contribution < 1.29 is 13.9 Å². The van der Waals surface area contributed by atoms with Gasteiger partial charge < -0.3 is 9.64 Å². The molecule has 2 aromatic rings. The van der Waals surface area contributed by atoms with E-state index in [0.29, 0.717) is 12.2 Å². The molecular formula is C20H21FN2O2S. The standard InChI is InChI=1S/C20H21FN2O2S/c21-18-7-2-1-5-15(18)9-19(24)23-13-20(14-23)10-17(12-26-20)25-11-16-6-3-4-8-22-16/h1-8,17H,9-14H2. The van der Waals surface area contributed by atoms with Gasteiger partial charge in [0, 0.05) is 25.0 Å². The van der Waals surface area contributed by atoms with E-state index in [2.05, 4.69) is 4.98 Å². The molecule has 4 nitrogen and oxygen atoms in total. The number of likely N-dealkylation sites (tertiary alicyclic amines) is 1. The third-order valence-corrected chi connectivity index (χ3v) is 6.55. The molecule has 6 heteroatoms. The van der Waals surface area contributed by atoms with Crippen molar-refractivity contribution in [1.82, 2.24) is 9.88 Å². The van der Waals surface area contributed by atoms with E-state index in [0.717, 1.165) is 31.0 Å². The van der Waals surface area contributed by atoms with Gasteiger partial charge >= 0.3 is 0 Å². The summed E-state index contributed by atoms with van der Waals surface area (Å²) in [6.07, 6.45) is 3.06. The molecule has 136 valence electrons. The van der Waals surface area contributed by atoms with Crippen LogP contribution in [0.25, 0.3) is 0 Å². The van der Waals surface area contributed by atoms with Crippen LogP contribution < -0.4 is 0 Å². The van der Waals surface area contributed by atoms with Crippen molar-refractivity contribution in [2.45, 2.75) is 30.3 Å². The number of nitrogens with zero attached hydrogens (tertiary/aromatic N) is 2. The molecule has 1 amide bonds. The molecule has 1 atom stereocenters. The first-order valence-corrected chi connectivity index (χ1v) is 9.79. The Morgan fingerprint density at radius 2 is 2.08 bits per heavy atom. The van der Waals surface area contributed by atoms with Crippen molar-refractivity contribution in [3.8, 4) is 0 Å². The van der Waals surface area contributed by atoms with Gasteiger partial charge in [0.25, 0.3) is 0 Å². The lowest BCUT2D eigenvalue weighted by molar-refractivity contribution is -0.136. The molecule has 0 radical (unpaired) electrons. The summed E-state index contributed by atoms with van der Waals surface area (Å²) in [5.41, 5.74) is 1.41. The fourth-order valence-corrected chi connectivity index (χ4v) is 5.11. The number of halogens is 1. The molecule has 0 N–H and O–H groups in total. The predicted octanol–water partition coefficient (Wildman–Crippen LogP) is 3.07. The molecule has 0 aliphatic carbocycles. The van der Waals surface area contributed by atoms with Crippen LogP contribution in [0.15, 0.2) is 48.7 Å². The highest BCUT2D eigenvalue weighted by atomic mass is 32.2. The molecule has 0 saturated carbocycles. The minimum Gasteiger partial charge on any atom is -0.371 e. The quantitative estimate of drug-likeness (QED) is 0.809. The molecule has 2 saturated heterocycles. The van der Waals surface area contributed by atoms with Crippen LogP contribution in [-0.2, 0) is 22.6 Å². The highest BCUT2D eigenvalue weighted by Crippen LogP contribution is 2.46. The van der Waals surface area contributed by atoms with E-state index in [1.54, 1.807) is 24.4 Å².